The standard InChI is InChI=1S/C19H22ClNO2.C6H5Cl/c1-19(12-13-22)11-10-17(14-6-8-15(20)9-7-14)21(18(19)23)16-4-2-3-5-16;7-6-4-2-1-3-5-6/h2,4,6-9,13,16-17H,3,5,10-12H2,1H3;1-5H/t16?,17?,19-;/m1./s1. The van der Waals surface area contributed by atoms with Crippen LogP contribution in [0.25, 0.3) is 0 Å². The van der Waals surface area contributed by atoms with Gasteiger partial charge in [-0.05, 0) is 55.5 Å². The smallest absolute Gasteiger partial charge is 0.229 e. The van der Waals surface area contributed by atoms with E-state index in [0.29, 0.717) is 11.4 Å². The summed E-state index contributed by atoms with van der Waals surface area (Å²) in [6, 6.07) is 17.4. The predicted molar refractivity (Wildman–Crippen MR) is 123 cm³/mol. The van der Waals surface area contributed by atoms with E-state index < -0.39 is 5.41 Å². The van der Waals surface area contributed by atoms with Crippen molar-refractivity contribution in [3.63, 3.8) is 0 Å². The lowest BCUT2D eigenvalue weighted by molar-refractivity contribution is -0.153. The molecule has 0 N–H and O–H groups in total. The van der Waals surface area contributed by atoms with Gasteiger partial charge >= 0.3 is 0 Å². The van der Waals surface area contributed by atoms with Crippen LogP contribution >= 0.6 is 23.2 Å². The van der Waals surface area contributed by atoms with Gasteiger partial charge in [0.25, 0.3) is 0 Å². The Hall–Kier alpha value is -2.10. The van der Waals surface area contributed by atoms with Crippen LogP contribution in [-0.4, -0.2) is 23.1 Å². The number of benzene rings is 2. The summed E-state index contributed by atoms with van der Waals surface area (Å²) in [6.07, 6.45) is 9.04. The summed E-state index contributed by atoms with van der Waals surface area (Å²) in [6.45, 7) is 1.92. The minimum Gasteiger partial charge on any atom is -0.329 e. The van der Waals surface area contributed by atoms with Gasteiger partial charge in [-0.3, -0.25) is 4.79 Å². The molecule has 1 heterocycles. The maximum Gasteiger partial charge on any atom is 0.229 e. The van der Waals surface area contributed by atoms with Gasteiger partial charge in [0.05, 0.1) is 17.5 Å². The van der Waals surface area contributed by atoms with Crippen molar-refractivity contribution in [3.8, 4) is 0 Å². The number of allylic oxidation sites excluding steroid dienone is 1. The van der Waals surface area contributed by atoms with Crippen molar-refractivity contribution in [2.45, 2.75) is 51.1 Å². The van der Waals surface area contributed by atoms with Crippen molar-refractivity contribution in [2.24, 2.45) is 5.41 Å². The largest absolute Gasteiger partial charge is 0.329 e. The molecule has 3 nitrogen and oxygen atoms in total. The molecule has 0 aromatic heterocycles. The van der Waals surface area contributed by atoms with E-state index in [4.69, 9.17) is 23.2 Å². The van der Waals surface area contributed by atoms with E-state index >= 15 is 0 Å². The first-order valence-electron chi connectivity index (χ1n) is 10.3. The Bertz CT molecular complexity index is 882. The monoisotopic (exact) mass is 443 g/mol. The summed E-state index contributed by atoms with van der Waals surface area (Å²) in [5.41, 5.74) is 0.553. The normalized spacial score (nSPS) is 25.6. The number of piperidine rings is 1. The van der Waals surface area contributed by atoms with Crippen LogP contribution in [0.3, 0.4) is 0 Å². The Morgan fingerprint density at radius 3 is 2.23 bits per heavy atom. The number of nitrogens with zero attached hydrogens (tertiary/aromatic N) is 1. The van der Waals surface area contributed by atoms with E-state index in [-0.39, 0.29) is 18.0 Å². The number of halogens is 2. The second-order valence-corrected chi connectivity index (χ2v) is 8.99. The Kier molecular flexibility index (Phi) is 7.74. The summed E-state index contributed by atoms with van der Waals surface area (Å²) in [7, 11) is 0. The van der Waals surface area contributed by atoms with Crippen LogP contribution in [0.1, 0.15) is 50.6 Å². The lowest BCUT2D eigenvalue weighted by atomic mass is 9.74. The van der Waals surface area contributed by atoms with Gasteiger partial charge in [-0.25, -0.2) is 0 Å². The fourth-order valence-corrected chi connectivity index (χ4v) is 4.46. The molecule has 2 aromatic rings. The Morgan fingerprint density at radius 2 is 1.70 bits per heavy atom. The highest BCUT2D eigenvalue weighted by Gasteiger charge is 2.46. The molecule has 2 aromatic carbocycles. The number of amides is 1. The van der Waals surface area contributed by atoms with Gasteiger partial charge in [-0.15, -0.1) is 0 Å². The molecule has 0 bridgehead atoms. The minimum absolute atomic E-state index is 0.0623. The van der Waals surface area contributed by atoms with Crippen LogP contribution in [0.15, 0.2) is 66.7 Å². The fourth-order valence-electron chi connectivity index (χ4n) is 4.18. The van der Waals surface area contributed by atoms with Gasteiger partial charge in [0.2, 0.25) is 5.91 Å². The van der Waals surface area contributed by atoms with Gasteiger partial charge in [0.1, 0.15) is 6.29 Å². The van der Waals surface area contributed by atoms with Crippen LogP contribution < -0.4 is 0 Å². The third-order valence-corrected chi connectivity index (χ3v) is 6.43. The van der Waals surface area contributed by atoms with Crippen LogP contribution in [0.4, 0.5) is 0 Å². The summed E-state index contributed by atoms with van der Waals surface area (Å²) in [5, 5.41) is 1.50. The van der Waals surface area contributed by atoms with Crippen molar-refractivity contribution in [1.82, 2.24) is 4.90 Å². The SMILES string of the molecule is C[C@]1(CC=O)CCC(c2ccc(Cl)cc2)N(C2C=CCC2)C1=O.Clc1ccccc1. The molecule has 158 valence electrons. The van der Waals surface area contributed by atoms with Crippen molar-refractivity contribution in [2.75, 3.05) is 0 Å². The van der Waals surface area contributed by atoms with Gasteiger partial charge in [0, 0.05) is 16.5 Å². The van der Waals surface area contributed by atoms with E-state index in [2.05, 4.69) is 12.2 Å². The molecule has 1 aliphatic heterocycles. The van der Waals surface area contributed by atoms with Crippen molar-refractivity contribution >= 4 is 35.4 Å². The van der Waals surface area contributed by atoms with Gasteiger partial charge in [0.15, 0.2) is 0 Å². The first-order chi connectivity index (χ1) is 14.4. The summed E-state index contributed by atoms with van der Waals surface area (Å²) < 4.78 is 0. The molecule has 2 aliphatic rings. The van der Waals surface area contributed by atoms with Crippen LogP contribution in [0.5, 0.6) is 0 Å². The second kappa shape index (κ2) is 10.3. The zero-order valence-corrected chi connectivity index (χ0v) is 18.6. The predicted octanol–water partition coefficient (Wildman–Crippen LogP) is 6.66. The highest BCUT2D eigenvalue weighted by Crippen LogP contribution is 2.44. The lowest BCUT2D eigenvalue weighted by Crippen LogP contribution is -2.52. The van der Waals surface area contributed by atoms with Crippen LogP contribution in [0, 0.1) is 5.41 Å². The molecule has 0 saturated carbocycles. The zero-order chi connectivity index (χ0) is 21.6. The molecule has 1 fully saturated rings. The average Bonchev–Trinajstić information content (AvgIpc) is 3.26. The zero-order valence-electron chi connectivity index (χ0n) is 17.1. The third-order valence-electron chi connectivity index (χ3n) is 5.92. The van der Waals surface area contributed by atoms with Gasteiger partial charge in [-0.2, -0.15) is 0 Å². The Morgan fingerprint density at radius 1 is 1.03 bits per heavy atom. The molecule has 4 rings (SSSR count). The summed E-state index contributed by atoms with van der Waals surface area (Å²) >= 11 is 11.5. The first kappa shape index (κ1) is 22.6. The van der Waals surface area contributed by atoms with Crippen molar-refractivity contribution in [3.05, 3.63) is 82.4 Å². The highest BCUT2D eigenvalue weighted by molar-refractivity contribution is 6.30. The molecule has 1 amide bonds. The number of carbonyl (C=O) groups excluding carboxylic acids is 2. The van der Waals surface area contributed by atoms with E-state index in [1.54, 1.807) is 0 Å². The molecule has 5 heteroatoms. The maximum atomic E-state index is 13.2. The van der Waals surface area contributed by atoms with Gasteiger partial charge in [-0.1, -0.05) is 72.6 Å². The molecular formula is C25H27Cl2NO2. The third kappa shape index (κ3) is 5.33. The van der Waals surface area contributed by atoms with Crippen molar-refractivity contribution < 1.29 is 9.59 Å². The Labute approximate surface area is 188 Å². The molecule has 1 aliphatic carbocycles. The summed E-state index contributed by atoms with van der Waals surface area (Å²) in [5.74, 6) is 0.104. The van der Waals surface area contributed by atoms with E-state index in [1.807, 2.05) is 66.4 Å². The quantitative estimate of drug-likeness (QED) is 0.391. The van der Waals surface area contributed by atoms with Gasteiger partial charge < -0.3 is 9.69 Å². The van der Waals surface area contributed by atoms with E-state index in [9.17, 15) is 9.59 Å². The fraction of sp³-hybridized carbons (Fsp3) is 0.360. The number of rotatable bonds is 4. The molecule has 30 heavy (non-hydrogen) atoms. The van der Waals surface area contributed by atoms with E-state index in [1.165, 1.54) is 0 Å². The number of hydrogen-bond donors (Lipinski definition) is 0. The summed E-state index contributed by atoms with van der Waals surface area (Å²) in [4.78, 5) is 26.2. The minimum atomic E-state index is -0.568. The highest BCUT2D eigenvalue weighted by atomic mass is 35.5. The average molecular weight is 444 g/mol. The number of carbonyl (C=O) groups is 2. The Balaban J connectivity index is 0.000000310. The maximum absolute atomic E-state index is 13.2. The number of hydrogen-bond acceptors (Lipinski definition) is 2. The molecule has 3 atom stereocenters. The second-order valence-electron chi connectivity index (χ2n) is 8.12. The topological polar surface area (TPSA) is 37.4 Å². The first-order valence-corrected chi connectivity index (χ1v) is 11.1. The van der Waals surface area contributed by atoms with Crippen LogP contribution in [-0.2, 0) is 9.59 Å². The molecule has 1 saturated heterocycles. The van der Waals surface area contributed by atoms with Crippen molar-refractivity contribution in [1.29, 1.82) is 0 Å². The number of aldehydes is 1. The molecule has 0 spiro atoms. The number of likely N-dealkylation sites (tertiary alicyclic amines) is 1. The molecular weight excluding hydrogens is 417 g/mol. The van der Waals surface area contributed by atoms with E-state index in [0.717, 1.165) is 42.6 Å². The van der Waals surface area contributed by atoms with Crippen LogP contribution in [0.2, 0.25) is 10.0 Å². The molecule has 2 unspecified atom stereocenters. The lowest BCUT2D eigenvalue weighted by Gasteiger charge is -2.46. The molecule has 0 radical (unpaired) electrons.